The molecule has 3 aromatic carbocycles. The average Bonchev–Trinajstić information content (AvgIpc) is 2.86. The summed E-state index contributed by atoms with van der Waals surface area (Å²) in [5.41, 5.74) is 5.19. The number of aliphatic carboxylic acids is 1. The number of rotatable bonds is 8. The summed E-state index contributed by atoms with van der Waals surface area (Å²) in [4.78, 5) is 11.3. The molecule has 0 aromatic heterocycles. The molecule has 0 fully saturated rings. The fourth-order valence-electron chi connectivity index (χ4n) is 4.30. The molecule has 0 aliphatic carbocycles. The predicted molar refractivity (Wildman–Crippen MR) is 135 cm³/mol. The maximum absolute atomic E-state index is 11.3. The van der Waals surface area contributed by atoms with Gasteiger partial charge in [0.05, 0.1) is 34.9 Å². The van der Waals surface area contributed by atoms with Gasteiger partial charge in [0.1, 0.15) is 6.07 Å². The first-order valence-electron chi connectivity index (χ1n) is 11.3. The van der Waals surface area contributed by atoms with Gasteiger partial charge in [-0.15, -0.1) is 0 Å². The van der Waals surface area contributed by atoms with Gasteiger partial charge in [0.15, 0.2) is 0 Å². The predicted octanol–water partition coefficient (Wildman–Crippen LogP) is 5.18. The molecule has 0 radical (unpaired) electrons. The van der Waals surface area contributed by atoms with E-state index >= 15 is 0 Å². The first-order chi connectivity index (χ1) is 16.5. The van der Waals surface area contributed by atoms with Crippen molar-refractivity contribution in [3.63, 3.8) is 0 Å². The van der Waals surface area contributed by atoms with E-state index in [1.807, 2.05) is 48.5 Å². The number of carboxylic acid groups (broad SMARTS) is 1. The zero-order valence-corrected chi connectivity index (χ0v) is 19.6. The van der Waals surface area contributed by atoms with Crippen molar-refractivity contribution in [1.82, 2.24) is 5.32 Å². The van der Waals surface area contributed by atoms with Crippen LogP contribution in [0.3, 0.4) is 0 Å². The lowest BCUT2D eigenvalue weighted by Gasteiger charge is -2.35. The third-order valence-electron chi connectivity index (χ3n) is 6.29. The van der Waals surface area contributed by atoms with Crippen LogP contribution in [0.15, 0.2) is 66.7 Å². The third-order valence-corrected chi connectivity index (χ3v) is 6.65. The van der Waals surface area contributed by atoms with Gasteiger partial charge in [-0.25, -0.2) is 0 Å². The van der Waals surface area contributed by atoms with Crippen LogP contribution in [0.1, 0.15) is 41.1 Å². The fraction of sp³-hybridized carbons (Fsp3) is 0.259. The molecule has 0 saturated carbocycles. The van der Waals surface area contributed by atoms with Crippen LogP contribution in [0.25, 0.3) is 0 Å². The number of hydrogen-bond donors (Lipinski definition) is 4. The van der Waals surface area contributed by atoms with Gasteiger partial charge in [-0.3, -0.25) is 4.79 Å². The van der Waals surface area contributed by atoms with Crippen LogP contribution in [0.2, 0.25) is 5.02 Å². The van der Waals surface area contributed by atoms with Crippen molar-refractivity contribution >= 4 is 28.9 Å². The van der Waals surface area contributed by atoms with Crippen LogP contribution in [-0.2, 0) is 11.2 Å². The van der Waals surface area contributed by atoms with Gasteiger partial charge < -0.3 is 21.1 Å². The Kier molecular flexibility index (Phi) is 7.36. The van der Waals surface area contributed by atoms with E-state index < -0.39 is 11.9 Å². The van der Waals surface area contributed by atoms with Crippen molar-refractivity contribution in [2.75, 3.05) is 23.7 Å². The third kappa shape index (κ3) is 5.17. The fourth-order valence-corrected chi connectivity index (χ4v) is 4.58. The van der Waals surface area contributed by atoms with E-state index in [0.717, 1.165) is 22.5 Å². The molecule has 174 valence electrons. The monoisotopic (exact) mass is 474 g/mol. The number of benzene rings is 3. The van der Waals surface area contributed by atoms with Gasteiger partial charge in [-0.1, -0.05) is 60.1 Å². The maximum atomic E-state index is 11.3. The zero-order valence-electron chi connectivity index (χ0n) is 18.9. The molecule has 1 aliphatic heterocycles. The van der Waals surface area contributed by atoms with Crippen LogP contribution in [-0.4, -0.2) is 30.2 Å². The summed E-state index contributed by atoms with van der Waals surface area (Å²) in [5, 5.41) is 30.1. The highest BCUT2D eigenvalue weighted by Gasteiger charge is 2.28. The van der Waals surface area contributed by atoms with Crippen LogP contribution >= 0.6 is 11.6 Å². The number of fused-ring (bicyclic) bond motifs is 1. The SMILES string of the molecule is C[C@@H](C(=O)O)c1ccc(CCN[C@H](c2ccccc2)[C@H]2CNc3cccc(C#N)c3N2)c(Cl)c1. The molecule has 3 aromatic rings. The molecule has 4 rings (SSSR count). The first-order valence-corrected chi connectivity index (χ1v) is 11.7. The van der Waals surface area contributed by atoms with Crippen molar-refractivity contribution in [3.8, 4) is 6.07 Å². The number of carboxylic acids is 1. The molecule has 0 bridgehead atoms. The number of anilines is 2. The molecular formula is C27H27ClN4O2. The van der Waals surface area contributed by atoms with E-state index in [1.54, 1.807) is 13.0 Å². The minimum absolute atomic E-state index is 0.00122. The quantitative estimate of drug-likeness (QED) is 0.359. The van der Waals surface area contributed by atoms with Crippen LogP contribution < -0.4 is 16.0 Å². The molecule has 0 amide bonds. The van der Waals surface area contributed by atoms with Crippen molar-refractivity contribution in [2.45, 2.75) is 31.3 Å². The minimum atomic E-state index is -0.870. The van der Waals surface area contributed by atoms with Crippen molar-refractivity contribution in [1.29, 1.82) is 5.26 Å². The van der Waals surface area contributed by atoms with E-state index in [1.165, 1.54) is 0 Å². The van der Waals surface area contributed by atoms with Crippen molar-refractivity contribution in [3.05, 3.63) is 94.0 Å². The second-order valence-electron chi connectivity index (χ2n) is 8.47. The molecule has 1 heterocycles. The molecule has 4 N–H and O–H groups in total. The maximum Gasteiger partial charge on any atom is 0.310 e. The van der Waals surface area contributed by atoms with Crippen LogP contribution in [0, 0.1) is 11.3 Å². The lowest BCUT2D eigenvalue weighted by molar-refractivity contribution is -0.138. The number of carbonyl (C=O) groups is 1. The molecule has 3 atom stereocenters. The summed E-state index contributed by atoms with van der Waals surface area (Å²) in [6.07, 6.45) is 0.698. The summed E-state index contributed by atoms with van der Waals surface area (Å²) in [7, 11) is 0. The summed E-state index contributed by atoms with van der Waals surface area (Å²) in [6, 6.07) is 23.7. The van der Waals surface area contributed by atoms with Gasteiger partial charge in [0.25, 0.3) is 0 Å². The Morgan fingerprint density at radius 2 is 1.97 bits per heavy atom. The number of hydrogen-bond acceptors (Lipinski definition) is 5. The number of nitrogens with one attached hydrogen (secondary N) is 3. The number of nitriles is 1. The lowest BCUT2D eigenvalue weighted by atomic mass is 9.95. The van der Waals surface area contributed by atoms with E-state index in [-0.39, 0.29) is 12.1 Å². The molecule has 34 heavy (non-hydrogen) atoms. The van der Waals surface area contributed by atoms with Crippen LogP contribution in [0.5, 0.6) is 0 Å². The van der Waals surface area contributed by atoms with E-state index in [2.05, 4.69) is 34.2 Å². The number of halogens is 1. The Morgan fingerprint density at radius 3 is 2.68 bits per heavy atom. The summed E-state index contributed by atoms with van der Waals surface area (Å²) < 4.78 is 0. The van der Waals surface area contributed by atoms with Gasteiger partial charge >= 0.3 is 5.97 Å². The number of nitrogens with zero attached hydrogens (tertiary/aromatic N) is 1. The second kappa shape index (κ2) is 10.6. The standard InChI is InChI=1S/C27H27ClN4O2/c1-17(27(33)34)20-11-10-18(22(28)14-20)12-13-30-25(19-6-3-2-4-7-19)24-16-31-23-9-5-8-21(15-29)26(23)32-24/h2-11,14,17,24-25,30-32H,12-13,16H2,1H3,(H,33,34)/t17-,24-,25-/m1/s1. The molecule has 1 aliphatic rings. The van der Waals surface area contributed by atoms with Gasteiger partial charge in [-0.2, -0.15) is 5.26 Å². The molecule has 0 saturated heterocycles. The minimum Gasteiger partial charge on any atom is -0.481 e. The van der Waals surface area contributed by atoms with Gasteiger partial charge in [0.2, 0.25) is 0 Å². The summed E-state index contributed by atoms with van der Waals surface area (Å²) in [5.74, 6) is -1.47. The van der Waals surface area contributed by atoms with Crippen LogP contribution in [0.4, 0.5) is 11.4 Å². The Hall–Kier alpha value is -3.53. The van der Waals surface area contributed by atoms with Gasteiger partial charge in [-0.05, 0) is 54.8 Å². The molecule has 7 heteroatoms. The normalized spacial score (nSPS) is 16.3. The smallest absolute Gasteiger partial charge is 0.310 e. The highest BCUT2D eigenvalue weighted by molar-refractivity contribution is 6.31. The van der Waals surface area contributed by atoms with E-state index in [9.17, 15) is 15.2 Å². The summed E-state index contributed by atoms with van der Waals surface area (Å²) in [6.45, 7) is 3.04. The van der Waals surface area contributed by atoms with Crippen molar-refractivity contribution in [2.24, 2.45) is 0 Å². The Bertz CT molecular complexity index is 1210. The molecule has 0 spiro atoms. The lowest BCUT2D eigenvalue weighted by Crippen LogP contribution is -2.44. The van der Waals surface area contributed by atoms with E-state index in [4.69, 9.17) is 11.6 Å². The van der Waals surface area contributed by atoms with E-state index in [0.29, 0.717) is 35.7 Å². The summed E-state index contributed by atoms with van der Waals surface area (Å²) >= 11 is 6.48. The van der Waals surface area contributed by atoms with Crippen molar-refractivity contribution < 1.29 is 9.90 Å². The zero-order chi connectivity index (χ0) is 24.1. The average molecular weight is 475 g/mol. The highest BCUT2D eigenvalue weighted by atomic mass is 35.5. The Balaban J connectivity index is 1.49. The number of para-hydroxylation sites is 1. The topological polar surface area (TPSA) is 97.2 Å². The highest BCUT2D eigenvalue weighted by Crippen LogP contribution is 2.33. The molecular weight excluding hydrogens is 448 g/mol. The first kappa shape index (κ1) is 23.6. The Labute approximate surface area is 204 Å². The Morgan fingerprint density at radius 1 is 1.18 bits per heavy atom. The molecule has 0 unspecified atom stereocenters. The van der Waals surface area contributed by atoms with Gasteiger partial charge in [0, 0.05) is 11.6 Å². The molecule has 6 nitrogen and oxygen atoms in total. The largest absolute Gasteiger partial charge is 0.481 e. The second-order valence-corrected chi connectivity index (χ2v) is 8.88.